The van der Waals surface area contributed by atoms with Crippen LogP contribution in [0.25, 0.3) is 0 Å². The van der Waals surface area contributed by atoms with E-state index < -0.39 is 0 Å². The summed E-state index contributed by atoms with van der Waals surface area (Å²) in [6.07, 6.45) is 0. The number of rotatable bonds is 8. The molecule has 194 valence electrons. The lowest BCUT2D eigenvalue weighted by Crippen LogP contribution is -2.28. The number of hydrogen-bond donors (Lipinski definition) is 1. The molecular formula is C30H33ClN2O3S. The molecule has 0 radical (unpaired) electrons. The lowest BCUT2D eigenvalue weighted by molar-refractivity contribution is -0.128. The van der Waals surface area contributed by atoms with Gasteiger partial charge in [-0.25, -0.2) is 0 Å². The van der Waals surface area contributed by atoms with Gasteiger partial charge in [-0.15, -0.1) is 11.8 Å². The monoisotopic (exact) mass is 536 g/mol. The number of methoxy groups -OCH3 is 1. The molecule has 2 amide bonds. The highest BCUT2D eigenvalue weighted by atomic mass is 35.5. The first-order valence-corrected chi connectivity index (χ1v) is 13.9. The summed E-state index contributed by atoms with van der Waals surface area (Å²) in [4.78, 5) is 27.6. The first-order chi connectivity index (χ1) is 17.7. The summed E-state index contributed by atoms with van der Waals surface area (Å²) in [5, 5.41) is 3.73. The summed E-state index contributed by atoms with van der Waals surface area (Å²) in [5.74, 6) is 1.60. The fourth-order valence-electron chi connectivity index (χ4n) is 4.65. The van der Waals surface area contributed by atoms with Crippen molar-refractivity contribution < 1.29 is 14.3 Å². The molecule has 3 aromatic carbocycles. The fourth-order valence-corrected chi connectivity index (χ4v) is 5.97. The summed E-state index contributed by atoms with van der Waals surface area (Å²) in [7, 11) is 1.69. The topological polar surface area (TPSA) is 58.6 Å². The zero-order valence-corrected chi connectivity index (χ0v) is 23.5. The summed E-state index contributed by atoms with van der Waals surface area (Å²) >= 11 is 7.61. The normalized spacial score (nSPS) is 16.2. The summed E-state index contributed by atoms with van der Waals surface area (Å²) in [5.41, 5.74) is 5.90. The average molecular weight is 537 g/mol. The Morgan fingerprint density at radius 1 is 1.08 bits per heavy atom. The highest BCUT2D eigenvalue weighted by Crippen LogP contribution is 2.39. The molecule has 1 aliphatic rings. The third kappa shape index (κ3) is 6.13. The van der Waals surface area contributed by atoms with E-state index in [0.717, 1.165) is 33.6 Å². The van der Waals surface area contributed by atoms with Crippen LogP contribution in [-0.2, 0) is 11.3 Å². The molecule has 0 spiro atoms. The number of amides is 2. The molecule has 3 aromatic rings. The Morgan fingerprint density at radius 2 is 1.76 bits per heavy atom. The Kier molecular flexibility index (Phi) is 8.50. The van der Waals surface area contributed by atoms with Crippen molar-refractivity contribution in [3.8, 4) is 5.75 Å². The number of benzene rings is 3. The minimum Gasteiger partial charge on any atom is -0.496 e. The molecule has 5 nitrogen and oxygen atoms in total. The van der Waals surface area contributed by atoms with Crippen molar-refractivity contribution in [1.82, 2.24) is 10.2 Å². The minimum atomic E-state index is -0.159. The van der Waals surface area contributed by atoms with Gasteiger partial charge in [0.05, 0.1) is 18.9 Å². The Balaban J connectivity index is 1.46. The molecule has 1 fully saturated rings. The van der Waals surface area contributed by atoms with Crippen LogP contribution in [0.5, 0.6) is 5.75 Å². The zero-order valence-electron chi connectivity index (χ0n) is 21.9. The molecule has 2 atom stereocenters. The summed E-state index contributed by atoms with van der Waals surface area (Å²) in [6.45, 7) is 8.83. The van der Waals surface area contributed by atoms with Crippen molar-refractivity contribution >= 4 is 35.2 Å². The molecule has 0 aromatic heterocycles. The van der Waals surface area contributed by atoms with E-state index in [0.29, 0.717) is 28.8 Å². The van der Waals surface area contributed by atoms with Gasteiger partial charge in [-0.1, -0.05) is 49.7 Å². The van der Waals surface area contributed by atoms with Gasteiger partial charge in [-0.05, 0) is 84.0 Å². The van der Waals surface area contributed by atoms with Crippen molar-refractivity contribution in [3.05, 3.63) is 99.1 Å². The number of aryl methyl sites for hydroxylation is 1. The maximum Gasteiger partial charge on any atom is 0.251 e. The van der Waals surface area contributed by atoms with Crippen molar-refractivity contribution in [2.45, 2.75) is 51.6 Å². The highest BCUT2D eigenvalue weighted by molar-refractivity contribution is 8.00. The van der Waals surface area contributed by atoms with Gasteiger partial charge in [0.1, 0.15) is 11.1 Å². The van der Waals surface area contributed by atoms with E-state index in [4.69, 9.17) is 16.3 Å². The van der Waals surface area contributed by atoms with Gasteiger partial charge < -0.3 is 15.0 Å². The predicted octanol–water partition coefficient (Wildman–Crippen LogP) is 7.05. The van der Waals surface area contributed by atoms with Crippen LogP contribution in [0.15, 0.2) is 60.7 Å². The molecule has 0 saturated carbocycles. The van der Waals surface area contributed by atoms with Crippen molar-refractivity contribution in [3.63, 3.8) is 0 Å². The lowest BCUT2D eigenvalue weighted by Gasteiger charge is -2.24. The second-order valence-electron chi connectivity index (χ2n) is 9.73. The molecular weight excluding hydrogens is 504 g/mol. The first-order valence-electron chi connectivity index (χ1n) is 12.4. The molecule has 1 saturated heterocycles. The number of ether oxygens (including phenoxy) is 1. The van der Waals surface area contributed by atoms with Crippen molar-refractivity contribution in [1.29, 1.82) is 0 Å². The van der Waals surface area contributed by atoms with Gasteiger partial charge in [-0.3, -0.25) is 9.59 Å². The zero-order chi connectivity index (χ0) is 26.7. The maximum absolute atomic E-state index is 13.1. The number of carbonyl (C=O) groups is 2. The fraction of sp³-hybridized carbons (Fsp3) is 0.333. The van der Waals surface area contributed by atoms with Crippen LogP contribution in [-0.4, -0.2) is 29.6 Å². The average Bonchev–Trinajstić information content (AvgIpc) is 3.24. The van der Waals surface area contributed by atoms with Crippen LogP contribution in [0.2, 0.25) is 5.02 Å². The summed E-state index contributed by atoms with van der Waals surface area (Å²) < 4.78 is 5.56. The van der Waals surface area contributed by atoms with Crippen LogP contribution < -0.4 is 10.1 Å². The molecule has 0 aliphatic carbocycles. The number of nitrogens with one attached hydrogen (secondary N) is 1. The predicted molar refractivity (Wildman–Crippen MR) is 151 cm³/mol. The van der Waals surface area contributed by atoms with E-state index in [1.54, 1.807) is 18.9 Å². The molecule has 37 heavy (non-hydrogen) atoms. The van der Waals surface area contributed by atoms with Crippen LogP contribution >= 0.6 is 23.4 Å². The second kappa shape index (κ2) is 11.6. The van der Waals surface area contributed by atoms with Crippen LogP contribution in [0.1, 0.15) is 76.3 Å². The van der Waals surface area contributed by atoms with Gasteiger partial charge in [0.2, 0.25) is 5.91 Å². The Hall–Kier alpha value is -2.96. The Labute approximate surface area is 228 Å². The van der Waals surface area contributed by atoms with Gasteiger partial charge in [0.25, 0.3) is 5.91 Å². The Bertz CT molecular complexity index is 1280. The van der Waals surface area contributed by atoms with E-state index in [2.05, 4.69) is 25.2 Å². The van der Waals surface area contributed by atoms with E-state index in [1.165, 1.54) is 0 Å². The van der Waals surface area contributed by atoms with Gasteiger partial charge in [0.15, 0.2) is 0 Å². The van der Waals surface area contributed by atoms with Crippen LogP contribution in [0.4, 0.5) is 0 Å². The number of thioether (sulfide) groups is 1. The number of hydrogen-bond acceptors (Lipinski definition) is 4. The number of nitrogens with zero attached hydrogens (tertiary/aromatic N) is 1. The molecule has 1 heterocycles. The molecule has 1 N–H and O–H groups in total. The smallest absolute Gasteiger partial charge is 0.251 e. The van der Waals surface area contributed by atoms with Gasteiger partial charge >= 0.3 is 0 Å². The van der Waals surface area contributed by atoms with Crippen molar-refractivity contribution in [2.24, 2.45) is 0 Å². The van der Waals surface area contributed by atoms with E-state index >= 15 is 0 Å². The van der Waals surface area contributed by atoms with Crippen LogP contribution in [0.3, 0.4) is 0 Å². The first kappa shape index (κ1) is 27.1. The van der Waals surface area contributed by atoms with E-state index in [1.807, 2.05) is 73.3 Å². The maximum atomic E-state index is 13.1. The SMILES string of the molecule is COc1cc(C)c(C(C)NC(=O)c2ccc(C3SCC(=O)N3Cc3ccc(Cl)cc3)cc2)cc1C(C)C. The second-order valence-corrected chi connectivity index (χ2v) is 11.2. The molecule has 7 heteroatoms. The quantitative estimate of drug-likeness (QED) is 0.335. The van der Waals surface area contributed by atoms with E-state index in [9.17, 15) is 9.59 Å². The third-order valence-corrected chi connectivity index (χ3v) is 8.25. The van der Waals surface area contributed by atoms with Crippen molar-refractivity contribution in [2.75, 3.05) is 12.9 Å². The molecule has 1 aliphatic heterocycles. The standard InChI is InChI=1S/C30H33ClN2O3S/c1-18(2)25-15-26(19(3)14-27(25)36-5)20(4)32-29(35)22-8-10-23(11-9-22)30-33(28(34)17-37-30)16-21-6-12-24(31)13-7-21/h6-15,18,20,30H,16-17H2,1-5H3,(H,32,35). The molecule has 2 unspecified atom stereocenters. The molecule has 0 bridgehead atoms. The Morgan fingerprint density at radius 3 is 2.38 bits per heavy atom. The lowest BCUT2D eigenvalue weighted by atomic mass is 9.93. The summed E-state index contributed by atoms with van der Waals surface area (Å²) in [6, 6.07) is 19.1. The third-order valence-electron chi connectivity index (χ3n) is 6.75. The minimum absolute atomic E-state index is 0.0874. The largest absolute Gasteiger partial charge is 0.496 e. The van der Waals surface area contributed by atoms with Gasteiger partial charge in [0, 0.05) is 17.1 Å². The van der Waals surface area contributed by atoms with Crippen LogP contribution in [0, 0.1) is 6.92 Å². The number of halogens is 1. The highest BCUT2D eigenvalue weighted by Gasteiger charge is 2.32. The van der Waals surface area contributed by atoms with Gasteiger partial charge in [-0.2, -0.15) is 0 Å². The van der Waals surface area contributed by atoms with E-state index in [-0.39, 0.29) is 23.2 Å². The molecule has 4 rings (SSSR count). The number of carbonyl (C=O) groups excluding carboxylic acids is 2.